The van der Waals surface area contributed by atoms with Gasteiger partial charge in [-0.1, -0.05) is 19.8 Å². The van der Waals surface area contributed by atoms with Crippen LogP contribution < -0.4 is 5.56 Å². The predicted molar refractivity (Wildman–Crippen MR) is 99.8 cm³/mol. The molecule has 1 aliphatic heterocycles. The Balaban J connectivity index is 1.95. The van der Waals surface area contributed by atoms with Crippen LogP contribution in [0.1, 0.15) is 51.0 Å². The Morgan fingerprint density at radius 3 is 2.71 bits per heavy atom. The molecule has 0 atom stereocenters. The maximum atomic E-state index is 12.0. The van der Waals surface area contributed by atoms with Crippen molar-refractivity contribution in [3.8, 4) is 5.88 Å². The number of nitrogens with one attached hydrogen (secondary N) is 1. The molecule has 0 aliphatic carbocycles. The molecule has 24 heavy (non-hydrogen) atoms. The average Bonchev–Trinajstić information content (AvgIpc) is 2.58. The molecule has 1 aliphatic rings. The predicted octanol–water partition coefficient (Wildman–Crippen LogP) is 2.71. The van der Waals surface area contributed by atoms with Crippen LogP contribution in [0.15, 0.2) is 9.79 Å². The summed E-state index contributed by atoms with van der Waals surface area (Å²) in [5.41, 5.74) is -0.192. The minimum absolute atomic E-state index is 0.0861. The lowest BCUT2D eigenvalue weighted by molar-refractivity contribution is 0.228. The zero-order valence-corrected chi connectivity index (χ0v) is 15.3. The van der Waals surface area contributed by atoms with E-state index in [1.807, 2.05) is 0 Å². The van der Waals surface area contributed by atoms with E-state index in [0.717, 1.165) is 25.8 Å². The molecule has 134 valence electrons. The van der Waals surface area contributed by atoms with Gasteiger partial charge in [-0.05, 0) is 57.5 Å². The number of rotatable bonds is 8. The van der Waals surface area contributed by atoms with E-state index in [9.17, 15) is 9.90 Å². The molecule has 2 rings (SSSR count). The first-order valence-corrected chi connectivity index (χ1v) is 9.32. The zero-order chi connectivity index (χ0) is 17.4. The number of aromatic nitrogens is 2. The molecular formula is C17H28N4O2S. The fourth-order valence-electron chi connectivity index (χ4n) is 2.94. The van der Waals surface area contributed by atoms with Gasteiger partial charge in [0.05, 0.1) is 0 Å². The molecule has 0 saturated carbocycles. The monoisotopic (exact) mass is 352 g/mol. The third kappa shape index (κ3) is 5.27. The van der Waals surface area contributed by atoms with Gasteiger partial charge in [0.1, 0.15) is 5.56 Å². The first kappa shape index (κ1) is 18.9. The van der Waals surface area contributed by atoms with Crippen molar-refractivity contribution in [1.29, 1.82) is 0 Å². The molecule has 2 N–H and O–H groups in total. The van der Waals surface area contributed by atoms with E-state index in [-0.39, 0.29) is 21.8 Å². The molecule has 6 nitrogen and oxygen atoms in total. The van der Waals surface area contributed by atoms with Gasteiger partial charge in [-0.15, -0.1) is 0 Å². The minimum Gasteiger partial charge on any atom is -0.494 e. The van der Waals surface area contributed by atoms with Crippen molar-refractivity contribution < 1.29 is 5.11 Å². The van der Waals surface area contributed by atoms with Crippen LogP contribution in [0.2, 0.25) is 0 Å². The number of H-pyrrole nitrogens is 1. The fourth-order valence-corrected chi connectivity index (χ4v) is 3.21. The quantitative estimate of drug-likeness (QED) is 0.429. The van der Waals surface area contributed by atoms with Gasteiger partial charge in [-0.25, -0.2) is 0 Å². The number of likely N-dealkylation sites (tertiary alicyclic amines) is 1. The third-order valence-corrected chi connectivity index (χ3v) is 4.70. The van der Waals surface area contributed by atoms with E-state index in [2.05, 4.69) is 21.8 Å². The van der Waals surface area contributed by atoms with E-state index in [4.69, 9.17) is 12.2 Å². The molecular weight excluding hydrogens is 324 g/mol. The highest BCUT2D eigenvalue weighted by Gasteiger charge is 2.11. The van der Waals surface area contributed by atoms with Crippen molar-refractivity contribution in [1.82, 2.24) is 14.5 Å². The van der Waals surface area contributed by atoms with Crippen molar-refractivity contribution in [3.63, 3.8) is 0 Å². The molecule has 0 aromatic carbocycles. The SMILES string of the molecule is CCCCn1c(O)c(C=NCCCN2CCCCC2)c(=O)[nH]c1=S. The highest BCUT2D eigenvalue weighted by atomic mass is 32.1. The highest BCUT2D eigenvalue weighted by molar-refractivity contribution is 7.71. The maximum absolute atomic E-state index is 12.0. The third-order valence-electron chi connectivity index (χ3n) is 4.37. The lowest BCUT2D eigenvalue weighted by Crippen LogP contribution is -2.30. The molecule has 1 fully saturated rings. The van der Waals surface area contributed by atoms with E-state index in [1.54, 1.807) is 4.57 Å². The van der Waals surface area contributed by atoms with Crippen molar-refractivity contribution in [2.24, 2.45) is 4.99 Å². The molecule has 1 aromatic rings. The van der Waals surface area contributed by atoms with Crippen LogP contribution >= 0.6 is 12.2 Å². The number of hydrogen-bond acceptors (Lipinski definition) is 5. The minimum atomic E-state index is -0.384. The summed E-state index contributed by atoms with van der Waals surface area (Å²) in [5.74, 6) is -0.0861. The smallest absolute Gasteiger partial charge is 0.264 e. The number of nitrogens with zero attached hydrogens (tertiary/aromatic N) is 3. The van der Waals surface area contributed by atoms with E-state index >= 15 is 0 Å². The second-order valence-electron chi connectivity index (χ2n) is 6.29. The summed E-state index contributed by atoms with van der Waals surface area (Å²) in [4.78, 5) is 21.4. The number of aromatic hydroxyl groups is 1. The van der Waals surface area contributed by atoms with Crippen LogP contribution in [0.5, 0.6) is 5.88 Å². The number of unbranched alkanes of at least 4 members (excludes halogenated alkanes) is 1. The van der Waals surface area contributed by atoms with E-state index in [0.29, 0.717) is 13.1 Å². The summed E-state index contributed by atoms with van der Waals surface area (Å²) in [6.45, 7) is 6.72. The van der Waals surface area contributed by atoms with Crippen molar-refractivity contribution in [3.05, 3.63) is 20.7 Å². The summed E-state index contributed by atoms with van der Waals surface area (Å²) >= 11 is 5.12. The van der Waals surface area contributed by atoms with Crippen molar-refractivity contribution in [2.45, 2.75) is 52.0 Å². The van der Waals surface area contributed by atoms with E-state index < -0.39 is 0 Å². The number of aliphatic imine (C=N–C) groups is 1. The lowest BCUT2D eigenvalue weighted by atomic mass is 10.1. The molecule has 0 unspecified atom stereocenters. The second-order valence-corrected chi connectivity index (χ2v) is 6.68. The molecule has 0 bridgehead atoms. The summed E-state index contributed by atoms with van der Waals surface area (Å²) in [5, 5.41) is 10.3. The molecule has 7 heteroatoms. The summed E-state index contributed by atoms with van der Waals surface area (Å²) in [6.07, 6.45) is 8.23. The Kier molecular flexibility index (Phi) is 7.65. The molecule has 1 saturated heterocycles. The van der Waals surface area contributed by atoms with Crippen molar-refractivity contribution in [2.75, 3.05) is 26.2 Å². The Morgan fingerprint density at radius 1 is 1.25 bits per heavy atom. The Morgan fingerprint density at radius 2 is 2.00 bits per heavy atom. The largest absolute Gasteiger partial charge is 0.494 e. The van der Waals surface area contributed by atoms with Crippen molar-refractivity contribution >= 4 is 18.4 Å². The highest BCUT2D eigenvalue weighted by Crippen LogP contribution is 2.13. The first-order valence-electron chi connectivity index (χ1n) is 8.91. The summed E-state index contributed by atoms with van der Waals surface area (Å²) in [7, 11) is 0. The van der Waals surface area contributed by atoms with Crippen LogP contribution in [0.4, 0.5) is 0 Å². The van der Waals surface area contributed by atoms with Crippen LogP contribution in [0.3, 0.4) is 0 Å². The van der Waals surface area contributed by atoms with Crippen LogP contribution in [-0.2, 0) is 6.54 Å². The molecule has 1 aromatic heterocycles. The normalized spacial score (nSPS) is 16.0. The standard InChI is InChI=1S/C17H28N4O2S/c1-2-3-12-21-16(23)14(15(22)19-17(21)24)13-18-8-7-11-20-9-5-4-6-10-20/h13,23H,2-12H2,1H3,(H,19,22,24). The van der Waals surface area contributed by atoms with Gasteiger partial charge in [0.2, 0.25) is 5.88 Å². The average molecular weight is 353 g/mol. The Labute approximate surface area is 148 Å². The lowest BCUT2D eigenvalue weighted by Gasteiger charge is -2.25. The van der Waals surface area contributed by atoms with E-state index in [1.165, 1.54) is 38.6 Å². The number of aromatic amines is 1. The first-order chi connectivity index (χ1) is 11.6. The van der Waals surface area contributed by atoms with Gasteiger partial charge in [-0.2, -0.15) is 0 Å². The van der Waals surface area contributed by atoms with Gasteiger partial charge >= 0.3 is 0 Å². The number of hydrogen-bond donors (Lipinski definition) is 2. The Hall–Kier alpha value is -1.47. The fraction of sp³-hybridized carbons (Fsp3) is 0.706. The van der Waals surface area contributed by atoms with Gasteiger partial charge in [0, 0.05) is 19.3 Å². The summed E-state index contributed by atoms with van der Waals surface area (Å²) in [6, 6.07) is 0. The molecule has 0 radical (unpaired) electrons. The van der Waals surface area contributed by atoms with Gasteiger partial charge < -0.3 is 10.0 Å². The Bertz CT molecular complexity index is 660. The number of piperidine rings is 1. The molecule has 0 spiro atoms. The molecule has 2 heterocycles. The topological polar surface area (TPSA) is 73.6 Å². The molecule has 0 amide bonds. The summed E-state index contributed by atoms with van der Waals surface area (Å²) < 4.78 is 1.82. The van der Waals surface area contributed by atoms with Gasteiger partial charge in [0.25, 0.3) is 5.56 Å². The van der Waals surface area contributed by atoms with Crippen LogP contribution in [0.25, 0.3) is 0 Å². The van der Waals surface area contributed by atoms with Gasteiger partial charge in [-0.3, -0.25) is 19.3 Å². The van der Waals surface area contributed by atoms with Crippen LogP contribution in [0, 0.1) is 4.77 Å². The van der Waals surface area contributed by atoms with Gasteiger partial charge in [0.15, 0.2) is 4.77 Å². The van der Waals surface area contributed by atoms with Crippen LogP contribution in [-0.4, -0.2) is 52.0 Å². The zero-order valence-electron chi connectivity index (χ0n) is 14.5. The maximum Gasteiger partial charge on any atom is 0.264 e. The second kappa shape index (κ2) is 9.74.